The number of rotatable bonds is 8. The number of hydrogen-bond acceptors (Lipinski definition) is 3. The van der Waals surface area contributed by atoms with Crippen LogP contribution in [0.4, 0.5) is 0 Å². The van der Waals surface area contributed by atoms with E-state index in [4.69, 9.17) is 4.74 Å². The van der Waals surface area contributed by atoms with Gasteiger partial charge in [0.1, 0.15) is 12.4 Å². The van der Waals surface area contributed by atoms with E-state index in [0.29, 0.717) is 13.0 Å². The number of hydrogen-bond donors (Lipinski definition) is 1. The van der Waals surface area contributed by atoms with Gasteiger partial charge in [-0.05, 0) is 47.7 Å². The molecule has 1 amide bonds. The lowest BCUT2D eigenvalue weighted by Gasteiger charge is -2.07. The van der Waals surface area contributed by atoms with Gasteiger partial charge >= 0.3 is 0 Å². The number of benzene rings is 3. The SMILES string of the molecule is CCc1ccc(CC(=O)N/N=C/c2cccc(OCc3ccc(C)cc3)c2)cc1. The third-order valence-corrected chi connectivity index (χ3v) is 4.58. The van der Waals surface area contributed by atoms with Crippen molar-refractivity contribution in [2.45, 2.75) is 33.3 Å². The summed E-state index contributed by atoms with van der Waals surface area (Å²) in [6, 6.07) is 24.0. The van der Waals surface area contributed by atoms with Crippen molar-refractivity contribution in [3.05, 3.63) is 101 Å². The summed E-state index contributed by atoms with van der Waals surface area (Å²) in [6.07, 6.45) is 2.92. The van der Waals surface area contributed by atoms with Gasteiger partial charge in [0.25, 0.3) is 0 Å². The maximum atomic E-state index is 12.1. The first-order chi connectivity index (χ1) is 14.1. The van der Waals surface area contributed by atoms with E-state index < -0.39 is 0 Å². The normalized spacial score (nSPS) is 10.8. The third-order valence-electron chi connectivity index (χ3n) is 4.58. The molecule has 0 bridgehead atoms. The minimum atomic E-state index is -0.141. The fraction of sp³-hybridized carbons (Fsp3) is 0.200. The van der Waals surface area contributed by atoms with Crippen molar-refractivity contribution in [3.63, 3.8) is 0 Å². The van der Waals surface area contributed by atoms with Crippen molar-refractivity contribution in [1.82, 2.24) is 5.43 Å². The Kier molecular flexibility index (Phi) is 7.17. The van der Waals surface area contributed by atoms with Crippen molar-refractivity contribution in [1.29, 1.82) is 0 Å². The summed E-state index contributed by atoms with van der Waals surface area (Å²) >= 11 is 0. The molecule has 3 rings (SSSR count). The van der Waals surface area contributed by atoms with Crippen molar-refractivity contribution in [3.8, 4) is 5.75 Å². The fourth-order valence-corrected chi connectivity index (χ4v) is 2.83. The maximum Gasteiger partial charge on any atom is 0.244 e. The molecule has 0 unspecified atom stereocenters. The van der Waals surface area contributed by atoms with Crippen molar-refractivity contribution < 1.29 is 9.53 Å². The van der Waals surface area contributed by atoms with E-state index in [2.05, 4.69) is 48.6 Å². The lowest BCUT2D eigenvalue weighted by Crippen LogP contribution is -2.19. The number of aryl methyl sites for hydroxylation is 2. The number of carbonyl (C=O) groups is 1. The monoisotopic (exact) mass is 386 g/mol. The smallest absolute Gasteiger partial charge is 0.244 e. The Hall–Kier alpha value is -3.40. The largest absolute Gasteiger partial charge is 0.489 e. The Labute approximate surface area is 172 Å². The highest BCUT2D eigenvalue weighted by Gasteiger charge is 2.02. The van der Waals surface area contributed by atoms with Gasteiger partial charge in [-0.15, -0.1) is 0 Å². The van der Waals surface area contributed by atoms with E-state index in [1.807, 2.05) is 48.5 Å². The highest BCUT2D eigenvalue weighted by atomic mass is 16.5. The predicted molar refractivity (Wildman–Crippen MR) is 117 cm³/mol. The van der Waals surface area contributed by atoms with Gasteiger partial charge in [-0.2, -0.15) is 5.10 Å². The van der Waals surface area contributed by atoms with Crippen LogP contribution in [-0.2, 0) is 24.2 Å². The first-order valence-corrected chi connectivity index (χ1v) is 9.80. The molecule has 0 aromatic heterocycles. The second kappa shape index (κ2) is 10.2. The van der Waals surface area contributed by atoms with Crippen LogP contribution in [0, 0.1) is 6.92 Å². The van der Waals surface area contributed by atoms with Crippen LogP contribution in [0.2, 0.25) is 0 Å². The molecule has 29 heavy (non-hydrogen) atoms. The quantitative estimate of drug-likeness (QED) is 0.445. The standard InChI is InChI=1S/C25H26N2O2/c1-3-20-11-13-21(14-12-20)16-25(28)27-26-17-23-5-4-6-24(15-23)29-18-22-9-7-19(2)8-10-22/h4-15,17H,3,16,18H2,1-2H3,(H,27,28)/b26-17+. The molecule has 4 heteroatoms. The highest BCUT2D eigenvalue weighted by molar-refractivity contribution is 5.83. The highest BCUT2D eigenvalue weighted by Crippen LogP contribution is 2.14. The molecule has 0 aliphatic rings. The third kappa shape index (κ3) is 6.61. The average Bonchev–Trinajstić information content (AvgIpc) is 2.74. The van der Waals surface area contributed by atoms with E-state index in [-0.39, 0.29) is 5.91 Å². The van der Waals surface area contributed by atoms with Gasteiger partial charge in [-0.3, -0.25) is 4.79 Å². The van der Waals surface area contributed by atoms with Crippen molar-refractivity contribution >= 4 is 12.1 Å². The van der Waals surface area contributed by atoms with Crippen LogP contribution in [0.1, 0.15) is 34.7 Å². The number of amides is 1. The van der Waals surface area contributed by atoms with Crippen LogP contribution in [0.15, 0.2) is 77.9 Å². The topological polar surface area (TPSA) is 50.7 Å². The lowest BCUT2D eigenvalue weighted by atomic mass is 10.1. The maximum absolute atomic E-state index is 12.1. The van der Waals surface area contributed by atoms with Gasteiger partial charge < -0.3 is 4.74 Å². The zero-order valence-corrected chi connectivity index (χ0v) is 16.9. The molecule has 3 aromatic rings. The van der Waals surface area contributed by atoms with Crippen LogP contribution in [0.5, 0.6) is 5.75 Å². The summed E-state index contributed by atoms with van der Waals surface area (Å²) < 4.78 is 5.85. The molecule has 148 valence electrons. The molecule has 1 N–H and O–H groups in total. The second-order valence-electron chi connectivity index (χ2n) is 6.99. The number of hydrazone groups is 1. The zero-order chi connectivity index (χ0) is 20.5. The summed E-state index contributed by atoms with van der Waals surface area (Å²) in [5, 5.41) is 4.06. The second-order valence-corrected chi connectivity index (χ2v) is 6.99. The van der Waals surface area contributed by atoms with E-state index in [9.17, 15) is 4.79 Å². The molecule has 0 atom stereocenters. The summed E-state index contributed by atoms with van der Waals surface area (Å²) in [5.41, 5.74) is 8.02. The van der Waals surface area contributed by atoms with Crippen molar-refractivity contribution in [2.24, 2.45) is 5.10 Å². The molecule has 0 aliphatic carbocycles. The molecule has 0 spiro atoms. The minimum absolute atomic E-state index is 0.141. The molecule has 0 radical (unpaired) electrons. The van der Waals surface area contributed by atoms with E-state index >= 15 is 0 Å². The van der Waals surface area contributed by atoms with Crippen LogP contribution in [0.25, 0.3) is 0 Å². The van der Waals surface area contributed by atoms with Crippen molar-refractivity contribution in [2.75, 3.05) is 0 Å². The number of ether oxygens (including phenoxy) is 1. The summed E-state index contributed by atoms with van der Waals surface area (Å²) in [6.45, 7) is 4.68. The lowest BCUT2D eigenvalue weighted by molar-refractivity contribution is -0.120. The molecule has 0 fully saturated rings. The summed E-state index contributed by atoms with van der Waals surface area (Å²) in [7, 11) is 0. The molecule has 0 heterocycles. The van der Waals surface area contributed by atoms with Crippen LogP contribution >= 0.6 is 0 Å². The molecule has 0 saturated carbocycles. The van der Waals surface area contributed by atoms with E-state index in [0.717, 1.165) is 28.9 Å². The van der Waals surface area contributed by atoms with Crippen LogP contribution in [-0.4, -0.2) is 12.1 Å². The Morgan fingerprint density at radius 1 is 0.966 bits per heavy atom. The number of carbonyl (C=O) groups excluding carboxylic acids is 1. The Balaban J connectivity index is 1.50. The van der Waals surface area contributed by atoms with Gasteiger partial charge in [-0.25, -0.2) is 5.43 Å². The van der Waals surface area contributed by atoms with Gasteiger partial charge in [0.05, 0.1) is 12.6 Å². The Morgan fingerprint density at radius 2 is 1.66 bits per heavy atom. The minimum Gasteiger partial charge on any atom is -0.489 e. The van der Waals surface area contributed by atoms with Gasteiger partial charge in [0.15, 0.2) is 0 Å². The molecule has 4 nitrogen and oxygen atoms in total. The zero-order valence-electron chi connectivity index (χ0n) is 16.9. The Morgan fingerprint density at radius 3 is 2.38 bits per heavy atom. The number of nitrogens with one attached hydrogen (secondary N) is 1. The van der Waals surface area contributed by atoms with Crippen LogP contribution < -0.4 is 10.2 Å². The average molecular weight is 386 g/mol. The predicted octanol–water partition coefficient (Wildman–Crippen LogP) is 4.83. The summed E-state index contributed by atoms with van der Waals surface area (Å²) in [5.74, 6) is 0.620. The van der Waals surface area contributed by atoms with E-state index in [1.54, 1.807) is 6.21 Å². The molecule has 3 aromatic carbocycles. The van der Waals surface area contributed by atoms with E-state index in [1.165, 1.54) is 11.1 Å². The number of nitrogens with zero attached hydrogens (tertiary/aromatic N) is 1. The molecule has 0 saturated heterocycles. The fourth-order valence-electron chi connectivity index (χ4n) is 2.83. The summed E-state index contributed by atoms with van der Waals surface area (Å²) in [4.78, 5) is 12.1. The first-order valence-electron chi connectivity index (χ1n) is 9.80. The van der Waals surface area contributed by atoms with Gasteiger partial charge in [-0.1, -0.05) is 73.2 Å². The first kappa shape index (κ1) is 20.3. The Bertz CT molecular complexity index is 961. The molecule has 0 aliphatic heterocycles. The molecular weight excluding hydrogens is 360 g/mol. The van der Waals surface area contributed by atoms with Crippen LogP contribution in [0.3, 0.4) is 0 Å². The van der Waals surface area contributed by atoms with Gasteiger partial charge in [0, 0.05) is 0 Å². The van der Waals surface area contributed by atoms with Gasteiger partial charge in [0.2, 0.25) is 5.91 Å². The molecular formula is C25H26N2O2.